The number of carbonyl (C=O) groups excluding carboxylic acids is 1. The third-order valence-electron chi connectivity index (χ3n) is 7.63. The second-order valence-electron chi connectivity index (χ2n) is 8.61. The first-order valence-corrected chi connectivity index (χ1v) is 9.78. The molecule has 0 aromatic carbocycles. The molecule has 5 aliphatic carbocycles. The summed E-state index contributed by atoms with van der Waals surface area (Å²) in [5.41, 5.74) is 0. The average molecular weight is 316 g/mol. The summed E-state index contributed by atoms with van der Waals surface area (Å²) in [5.74, 6) is 4.80. The van der Waals surface area contributed by atoms with Crippen LogP contribution in [0.1, 0.15) is 51.4 Å². The molecule has 7 atom stereocenters. The SMILES string of the molecule is O=C(OCOC1CCCCC1)C1CC2CC1C1C3C=CC(C3)C21. The lowest BCUT2D eigenvalue weighted by Crippen LogP contribution is -2.35. The van der Waals surface area contributed by atoms with Gasteiger partial charge in [0.15, 0.2) is 6.79 Å². The van der Waals surface area contributed by atoms with Crippen molar-refractivity contribution in [2.24, 2.45) is 41.4 Å². The van der Waals surface area contributed by atoms with Crippen molar-refractivity contribution >= 4 is 5.97 Å². The van der Waals surface area contributed by atoms with E-state index < -0.39 is 0 Å². The van der Waals surface area contributed by atoms with Crippen molar-refractivity contribution in [1.82, 2.24) is 0 Å². The van der Waals surface area contributed by atoms with Gasteiger partial charge in [-0.2, -0.15) is 0 Å². The summed E-state index contributed by atoms with van der Waals surface area (Å²) in [6, 6.07) is 0. The third kappa shape index (κ3) is 2.30. The molecule has 0 amide bonds. The van der Waals surface area contributed by atoms with E-state index in [-0.39, 0.29) is 18.7 Å². The summed E-state index contributed by atoms with van der Waals surface area (Å²) in [4.78, 5) is 12.6. The fourth-order valence-electron chi connectivity index (χ4n) is 6.81. The van der Waals surface area contributed by atoms with Crippen LogP contribution in [0.15, 0.2) is 12.2 Å². The highest BCUT2D eigenvalue weighted by atomic mass is 16.7. The summed E-state index contributed by atoms with van der Waals surface area (Å²) in [5, 5.41) is 0. The van der Waals surface area contributed by atoms with Gasteiger partial charge in [-0.3, -0.25) is 4.79 Å². The maximum Gasteiger partial charge on any atom is 0.311 e. The molecule has 4 bridgehead atoms. The molecule has 4 fully saturated rings. The number of esters is 1. The van der Waals surface area contributed by atoms with Gasteiger partial charge in [-0.05, 0) is 67.6 Å². The fourth-order valence-corrected chi connectivity index (χ4v) is 6.81. The Morgan fingerprint density at radius 3 is 2.57 bits per heavy atom. The third-order valence-corrected chi connectivity index (χ3v) is 7.63. The number of carbonyl (C=O) groups is 1. The molecular weight excluding hydrogens is 288 g/mol. The highest BCUT2D eigenvalue weighted by Gasteiger charge is 2.62. The van der Waals surface area contributed by atoms with Gasteiger partial charge in [0, 0.05) is 0 Å². The van der Waals surface area contributed by atoms with E-state index in [9.17, 15) is 4.79 Å². The van der Waals surface area contributed by atoms with Gasteiger partial charge in [-0.25, -0.2) is 0 Å². The number of ether oxygens (including phenoxy) is 2. The fraction of sp³-hybridized carbons (Fsp3) is 0.850. The van der Waals surface area contributed by atoms with Crippen molar-refractivity contribution in [3.63, 3.8) is 0 Å². The van der Waals surface area contributed by atoms with Crippen molar-refractivity contribution in [3.05, 3.63) is 12.2 Å². The van der Waals surface area contributed by atoms with E-state index in [0.717, 1.165) is 48.9 Å². The molecule has 3 nitrogen and oxygen atoms in total. The number of hydrogen-bond acceptors (Lipinski definition) is 3. The van der Waals surface area contributed by atoms with Gasteiger partial charge in [0.1, 0.15) is 0 Å². The van der Waals surface area contributed by atoms with Crippen LogP contribution in [0.5, 0.6) is 0 Å². The molecule has 5 aliphatic rings. The average Bonchev–Trinajstić information content (AvgIpc) is 3.34. The van der Waals surface area contributed by atoms with E-state index in [1.165, 1.54) is 32.1 Å². The van der Waals surface area contributed by atoms with E-state index in [2.05, 4.69) is 12.2 Å². The smallest absolute Gasteiger partial charge is 0.311 e. The Morgan fingerprint density at radius 1 is 0.957 bits per heavy atom. The maximum atomic E-state index is 12.6. The minimum atomic E-state index is 0.0264. The van der Waals surface area contributed by atoms with Crippen LogP contribution in [0.3, 0.4) is 0 Å². The van der Waals surface area contributed by atoms with Gasteiger partial charge >= 0.3 is 5.97 Å². The second-order valence-corrected chi connectivity index (χ2v) is 8.61. The van der Waals surface area contributed by atoms with Gasteiger partial charge in [-0.15, -0.1) is 0 Å². The zero-order valence-electron chi connectivity index (χ0n) is 13.9. The molecule has 23 heavy (non-hydrogen) atoms. The Labute approximate surface area is 138 Å². The number of allylic oxidation sites excluding steroid dienone is 2. The molecule has 0 N–H and O–H groups in total. The lowest BCUT2D eigenvalue weighted by Gasteiger charge is -2.35. The molecule has 7 unspecified atom stereocenters. The number of hydrogen-bond donors (Lipinski definition) is 0. The Morgan fingerprint density at radius 2 is 1.74 bits per heavy atom. The highest BCUT2D eigenvalue weighted by Crippen LogP contribution is 2.67. The Kier molecular flexibility index (Phi) is 3.54. The van der Waals surface area contributed by atoms with Crippen LogP contribution >= 0.6 is 0 Å². The second kappa shape index (κ2) is 5.61. The molecule has 4 saturated carbocycles. The number of rotatable bonds is 4. The first kappa shape index (κ1) is 14.5. The summed E-state index contributed by atoms with van der Waals surface area (Å²) in [7, 11) is 0. The summed E-state index contributed by atoms with van der Waals surface area (Å²) in [6.07, 6.45) is 15.0. The van der Waals surface area contributed by atoms with Gasteiger partial charge in [0.25, 0.3) is 0 Å². The predicted molar refractivity (Wildman–Crippen MR) is 86.3 cm³/mol. The normalized spacial score (nSPS) is 47.2. The molecular formula is C20H28O3. The highest BCUT2D eigenvalue weighted by molar-refractivity contribution is 5.73. The molecule has 0 heterocycles. The van der Waals surface area contributed by atoms with E-state index in [1.54, 1.807) is 0 Å². The first-order chi connectivity index (χ1) is 11.3. The molecule has 0 aromatic heterocycles. The van der Waals surface area contributed by atoms with E-state index in [1.807, 2.05) is 0 Å². The Bertz CT molecular complexity index is 507. The molecule has 5 rings (SSSR count). The van der Waals surface area contributed by atoms with Crippen LogP contribution in [-0.2, 0) is 14.3 Å². The van der Waals surface area contributed by atoms with Gasteiger partial charge in [0.05, 0.1) is 12.0 Å². The van der Waals surface area contributed by atoms with Crippen LogP contribution in [0.2, 0.25) is 0 Å². The molecule has 0 spiro atoms. The lowest BCUT2D eigenvalue weighted by molar-refractivity contribution is -0.170. The van der Waals surface area contributed by atoms with Crippen molar-refractivity contribution in [2.45, 2.75) is 57.5 Å². The van der Waals surface area contributed by atoms with Gasteiger partial charge < -0.3 is 9.47 Å². The van der Waals surface area contributed by atoms with E-state index in [4.69, 9.17) is 9.47 Å². The monoisotopic (exact) mass is 316 g/mol. The van der Waals surface area contributed by atoms with Crippen LogP contribution in [0.25, 0.3) is 0 Å². The van der Waals surface area contributed by atoms with Gasteiger partial charge in [-0.1, -0.05) is 31.4 Å². The molecule has 0 aromatic rings. The zero-order valence-corrected chi connectivity index (χ0v) is 13.9. The predicted octanol–water partition coefficient (Wildman–Crippen LogP) is 3.93. The van der Waals surface area contributed by atoms with Crippen LogP contribution in [0.4, 0.5) is 0 Å². The largest absolute Gasteiger partial charge is 0.438 e. The van der Waals surface area contributed by atoms with Gasteiger partial charge in [0.2, 0.25) is 0 Å². The van der Waals surface area contributed by atoms with E-state index >= 15 is 0 Å². The molecule has 0 aliphatic heterocycles. The van der Waals surface area contributed by atoms with Crippen LogP contribution < -0.4 is 0 Å². The number of fused-ring (bicyclic) bond motifs is 9. The minimum absolute atomic E-state index is 0.0264. The quantitative estimate of drug-likeness (QED) is 0.341. The Balaban J connectivity index is 1.16. The van der Waals surface area contributed by atoms with Crippen molar-refractivity contribution in [3.8, 4) is 0 Å². The summed E-state index contributed by atoms with van der Waals surface area (Å²) >= 11 is 0. The van der Waals surface area contributed by atoms with Crippen molar-refractivity contribution in [2.75, 3.05) is 6.79 Å². The lowest BCUT2D eigenvalue weighted by atomic mass is 9.69. The van der Waals surface area contributed by atoms with Crippen molar-refractivity contribution in [1.29, 1.82) is 0 Å². The minimum Gasteiger partial charge on any atom is -0.438 e. The van der Waals surface area contributed by atoms with E-state index in [0.29, 0.717) is 12.0 Å². The zero-order chi connectivity index (χ0) is 15.4. The summed E-state index contributed by atoms with van der Waals surface area (Å²) in [6.45, 7) is 0.178. The standard InChI is InChI=1S/C20H28O3/c21-20(23-11-22-15-4-2-1-3-5-15)17-10-14-9-16(17)19-13-7-6-12(8-13)18(14)19/h6-7,12-19H,1-5,8-11H2. The van der Waals surface area contributed by atoms with Crippen LogP contribution in [0, 0.1) is 41.4 Å². The Hall–Kier alpha value is -0.830. The molecule has 0 saturated heterocycles. The molecule has 0 radical (unpaired) electrons. The maximum absolute atomic E-state index is 12.6. The van der Waals surface area contributed by atoms with Crippen LogP contribution in [-0.4, -0.2) is 18.9 Å². The summed E-state index contributed by atoms with van der Waals surface area (Å²) < 4.78 is 11.3. The topological polar surface area (TPSA) is 35.5 Å². The first-order valence-electron chi connectivity index (χ1n) is 9.78. The van der Waals surface area contributed by atoms with Crippen molar-refractivity contribution < 1.29 is 14.3 Å². The molecule has 126 valence electrons. The molecule has 3 heteroatoms.